The number of carbonyl (C=O) groups excluding carboxylic acids is 1. The fourth-order valence-electron chi connectivity index (χ4n) is 4.31. The molecule has 1 atom stereocenters. The minimum Gasteiger partial charge on any atom is -0.508 e. The van der Waals surface area contributed by atoms with E-state index in [1.165, 1.54) is 5.06 Å². The van der Waals surface area contributed by atoms with E-state index in [1.54, 1.807) is 24.3 Å². The average molecular weight is 398 g/mol. The van der Waals surface area contributed by atoms with Gasteiger partial charge in [-0.3, -0.25) is 4.79 Å². The zero-order valence-corrected chi connectivity index (χ0v) is 18.1. The Morgan fingerprint density at radius 1 is 1.00 bits per heavy atom. The Morgan fingerprint density at radius 3 is 1.93 bits per heavy atom. The average Bonchev–Trinajstić information content (AvgIpc) is 2.82. The molecular weight excluding hydrogens is 366 g/mol. The normalized spacial score (nSPS) is 21.1. The number of benzene rings is 2. The molecule has 156 valence electrons. The molecule has 1 heterocycles. The molecule has 2 N–H and O–H groups in total. The van der Waals surface area contributed by atoms with Gasteiger partial charge in [0.25, 0.3) is 0 Å². The summed E-state index contributed by atoms with van der Waals surface area (Å²) in [5, 5.41) is 21.2. The Balaban J connectivity index is 1.76. The number of ether oxygens (including phenoxy) is 1. The number of hydroxylamine groups is 2. The number of hydrogen-bond acceptors (Lipinski definition) is 5. The maximum Gasteiger partial charge on any atom is 0.316 e. The Kier molecular flexibility index (Phi) is 5.26. The summed E-state index contributed by atoms with van der Waals surface area (Å²) in [5.41, 5.74) is 0.724. The molecule has 2 aromatic rings. The first kappa shape index (κ1) is 21.3. The zero-order chi connectivity index (χ0) is 21.6. The van der Waals surface area contributed by atoms with E-state index in [0.717, 1.165) is 11.1 Å². The number of carbonyl (C=O) groups is 1. The summed E-state index contributed by atoms with van der Waals surface area (Å²) in [6.45, 7) is 11.8. The van der Waals surface area contributed by atoms with Gasteiger partial charge < -0.3 is 15.1 Å². The summed E-state index contributed by atoms with van der Waals surface area (Å²) in [6, 6.07) is 14.7. The monoisotopic (exact) mass is 397 g/mol. The van der Waals surface area contributed by atoms with Crippen molar-refractivity contribution < 1.29 is 19.8 Å². The first-order chi connectivity index (χ1) is 13.4. The summed E-state index contributed by atoms with van der Waals surface area (Å²) < 4.78 is 5.65. The molecule has 5 heteroatoms. The van der Waals surface area contributed by atoms with Crippen LogP contribution in [0.15, 0.2) is 48.5 Å². The molecule has 0 amide bonds. The fourth-order valence-corrected chi connectivity index (χ4v) is 4.31. The summed E-state index contributed by atoms with van der Waals surface area (Å²) in [5.74, 6) is -0.0164. The third-order valence-electron chi connectivity index (χ3n) is 6.34. The first-order valence-electron chi connectivity index (χ1n) is 9.97. The fraction of sp³-hybridized carbons (Fsp3) is 0.458. The second kappa shape index (κ2) is 7.15. The van der Waals surface area contributed by atoms with E-state index in [0.29, 0.717) is 12.2 Å². The Bertz CT molecular complexity index is 882. The van der Waals surface area contributed by atoms with E-state index in [9.17, 15) is 15.1 Å². The van der Waals surface area contributed by atoms with Crippen molar-refractivity contribution in [1.29, 1.82) is 0 Å². The third-order valence-corrected chi connectivity index (χ3v) is 6.34. The van der Waals surface area contributed by atoms with Gasteiger partial charge in [-0.2, -0.15) is 5.06 Å². The van der Waals surface area contributed by atoms with Gasteiger partial charge in [-0.05, 0) is 69.5 Å². The lowest BCUT2D eigenvalue weighted by Gasteiger charge is -2.35. The van der Waals surface area contributed by atoms with Crippen LogP contribution in [0, 0.1) is 5.92 Å². The van der Waals surface area contributed by atoms with E-state index >= 15 is 0 Å². The number of rotatable bonds is 4. The highest BCUT2D eigenvalue weighted by Crippen LogP contribution is 2.44. The van der Waals surface area contributed by atoms with Gasteiger partial charge >= 0.3 is 5.97 Å². The molecule has 1 saturated heterocycles. The maximum atomic E-state index is 12.8. The van der Waals surface area contributed by atoms with Gasteiger partial charge in [0.2, 0.25) is 0 Å². The van der Waals surface area contributed by atoms with Gasteiger partial charge in [0.05, 0.1) is 11.5 Å². The Morgan fingerprint density at radius 2 is 1.48 bits per heavy atom. The summed E-state index contributed by atoms with van der Waals surface area (Å²) in [7, 11) is 0. The lowest BCUT2D eigenvalue weighted by Crippen LogP contribution is -2.48. The molecule has 5 nitrogen and oxygen atoms in total. The molecule has 1 fully saturated rings. The maximum absolute atomic E-state index is 12.8. The molecule has 1 unspecified atom stereocenters. The SMILES string of the molecule is CC(C)(c1ccc(O)cc1)c1ccc(OC(=O)C2CC(C)(C)N(O)C2(C)C)cc1. The molecule has 2 aromatic carbocycles. The number of esters is 1. The van der Waals surface area contributed by atoms with Crippen molar-refractivity contribution in [2.24, 2.45) is 5.92 Å². The highest BCUT2D eigenvalue weighted by molar-refractivity contribution is 5.77. The smallest absolute Gasteiger partial charge is 0.316 e. The largest absolute Gasteiger partial charge is 0.508 e. The van der Waals surface area contributed by atoms with Crippen molar-refractivity contribution in [3.63, 3.8) is 0 Å². The van der Waals surface area contributed by atoms with Crippen LogP contribution < -0.4 is 4.74 Å². The highest BCUT2D eigenvalue weighted by Gasteiger charge is 2.55. The van der Waals surface area contributed by atoms with Gasteiger partial charge in [0.15, 0.2) is 0 Å². The molecule has 1 aliphatic heterocycles. The van der Waals surface area contributed by atoms with Crippen LogP contribution in [0.1, 0.15) is 59.1 Å². The van der Waals surface area contributed by atoms with Crippen LogP contribution in [-0.2, 0) is 10.2 Å². The Labute approximate surface area is 172 Å². The van der Waals surface area contributed by atoms with Gasteiger partial charge in [-0.15, -0.1) is 0 Å². The molecule has 0 radical (unpaired) electrons. The predicted molar refractivity (Wildman–Crippen MR) is 112 cm³/mol. The van der Waals surface area contributed by atoms with Crippen LogP contribution >= 0.6 is 0 Å². The van der Waals surface area contributed by atoms with Crippen molar-refractivity contribution in [2.75, 3.05) is 0 Å². The number of hydrogen-bond donors (Lipinski definition) is 2. The van der Waals surface area contributed by atoms with Crippen molar-refractivity contribution in [2.45, 2.75) is 64.5 Å². The third kappa shape index (κ3) is 3.89. The van der Waals surface area contributed by atoms with Gasteiger partial charge in [-0.25, -0.2) is 0 Å². The minimum atomic E-state index is -0.693. The van der Waals surface area contributed by atoms with Gasteiger partial charge in [0.1, 0.15) is 11.5 Å². The van der Waals surface area contributed by atoms with Gasteiger partial charge in [-0.1, -0.05) is 38.1 Å². The van der Waals surface area contributed by atoms with Crippen molar-refractivity contribution >= 4 is 5.97 Å². The molecule has 0 aliphatic carbocycles. The first-order valence-corrected chi connectivity index (χ1v) is 9.97. The zero-order valence-electron chi connectivity index (χ0n) is 18.1. The second-order valence-electron chi connectivity index (χ2n) is 9.65. The topological polar surface area (TPSA) is 70.0 Å². The minimum absolute atomic E-state index is 0.242. The van der Waals surface area contributed by atoms with E-state index in [2.05, 4.69) is 13.8 Å². The summed E-state index contributed by atoms with van der Waals surface area (Å²) >= 11 is 0. The second-order valence-corrected chi connectivity index (χ2v) is 9.65. The number of phenols is 1. The molecule has 1 aliphatic rings. The predicted octanol–water partition coefficient (Wildman–Crippen LogP) is 4.89. The molecule has 0 saturated carbocycles. The molecule has 0 spiro atoms. The summed E-state index contributed by atoms with van der Waals surface area (Å²) in [4.78, 5) is 12.8. The van der Waals surface area contributed by atoms with E-state index in [-0.39, 0.29) is 17.1 Å². The number of phenolic OH excluding ortho intramolecular Hbond substituents is 1. The molecule has 3 rings (SSSR count). The van der Waals surface area contributed by atoms with Crippen LogP contribution in [-0.4, -0.2) is 32.4 Å². The number of nitrogens with zero attached hydrogens (tertiary/aromatic N) is 1. The molecule has 0 aromatic heterocycles. The number of aromatic hydroxyl groups is 1. The lowest BCUT2D eigenvalue weighted by molar-refractivity contribution is -0.198. The molecule has 29 heavy (non-hydrogen) atoms. The van der Waals surface area contributed by atoms with Crippen LogP contribution in [0.2, 0.25) is 0 Å². The van der Waals surface area contributed by atoms with Crippen LogP contribution in [0.5, 0.6) is 11.5 Å². The van der Waals surface area contributed by atoms with E-state index in [1.807, 2.05) is 52.0 Å². The lowest BCUT2D eigenvalue weighted by atomic mass is 9.78. The van der Waals surface area contributed by atoms with Crippen LogP contribution in [0.25, 0.3) is 0 Å². The van der Waals surface area contributed by atoms with Gasteiger partial charge in [0, 0.05) is 11.0 Å². The van der Waals surface area contributed by atoms with Crippen LogP contribution in [0.3, 0.4) is 0 Å². The van der Waals surface area contributed by atoms with Crippen molar-refractivity contribution in [3.8, 4) is 11.5 Å². The van der Waals surface area contributed by atoms with Crippen molar-refractivity contribution in [1.82, 2.24) is 5.06 Å². The quantitative estimate of drug-likeness (QED) is 0.568. The van der Waals surface area contributed by atoms with Crippen LogP contribution in [0.4, 0.5) is 0 Å². The molecule has 0 bridgehead atoms. The highest BCUT2D eigenvalue weighted by atomic mass is 16.5. The van der Waals surface area contributed by atoms with E-state index < -0.39 is 17.0 Å². The van der Waals surface area contributed by atoms with E-state index in [4.69, 9.17) is 4.74 Å². The summed E-state index contributed by atoms with van der Waals surface area (Å²) in [6.07, 6.45) is 0.529. The molecular formula is C24H31NO4. The standard InChI is InChI=1S/C24H31NO4/c1-22(2)15-20(24(5,6)25(22)28)21(27)29-19-13-9-17(10-14-19)23(3,4)16-7-11-18(26)12-8-16/h7-14,20,26,28H,15H2,1-6H3. The van der Waals surface area contributed by atoms with Crippen molar-refractivity contribution in [3.05, 3.63) is 59.7 Å². The Hall–Kier alpha value is -2.37.